The molecule has 0 bridgehead atoms. The molecule has 2 heteroatoms. The molecule has 0 N–H and O–H groups in total. The third-order valence-corrected chi connectivity index (χ3v) is 3.13. The Labute approximate surface area is 103 Å². The lowest BCUT2D eigenvalue weighted by Gasteiger charge is -2.18. The number of carbonyl (C=O) groups is 1. The molecular formula is C15H20O2. The van der Waals surface area contributed by atoms with Crippen molar-refractivity contribution < 1.29 is 9.53 Å². The minimum atomic E-state index is -0.197. The number of carbonyl (C=O) groups excluding carboxylic acids is 1. The molecule has 2 rings (SSSR count). The highest BCUT2D eigenvalue weighted by Crippen LogP contribution is 2.29. The van der Waals surface area contributed by atoms with Crippen LogP contribution in [0.2, 0.25) is 0 Å². The molecule has 1 saturated carbocycles. The summed E-state index contributed by atoms with van der Waals surface area (Å²) in [5, 5.41) is 0. The van der Waals surface area contributed by atoms with Gasteiger partial charge in [-0.2, -0.15) is 0 Å². The lowest BCUT2D eigenvalue weighted by Crippen LogP contribution is -2.12. The van der Waals surface area contributed by atoms with Gasteiger partial charge in [-0.25, -0.2) is 4.79 Å². The number of rotatable bonds is 3. The smallest absolute Gasteiger partial charge is 0.338 e. The maximum atomic E-state index is 11.7. The van der Waals surface area contributed by atoms with Gasteiger partial charge < -0.3 is 4.74 Å². The van der Waals surface area contributed by atoms with Crippen molar-refractivity contribution in [1.82, 2.24) is 0 Å². The van der Waals surface area contributed by atoms with E-state index in [-0.39, 0.29) is 11.4 Å². The molecular weight excluding hydrogens is 212 g/mol. The predicted molar refractivity (Wildman–Crippen MR) is 68.1 cm³/mol. The highest BCUT2D eigenvalue weighted by molar-refractivity contribution is 5.89. The quantitative estimate of drug-likeness (QED) is 0.745. The molecule has 0 heterocycles. The molecule has 92 valence electrons. The molecule has 0 saturated heterocycles. The van der Waals surface area contributed by atoms with E-state index in [1.54, 1.807) is 0 Å². The van der Waals surface area contributed by atoms with Gasteiger partial charge in [-0.3, -0.25) is 0 Å². The average Bonchev–Trinajstić information content (AvgIpc) is 3.09. The summed E-state index contributed by atoms with van der Waals surface area (Å²) in [4.78, 5) is 11.7. The molecule has 0 aliphatic heterocycles. The van der Waals surface area contributed by atoms with E-state index in [9.17, 15) is 4.79 Å². The van der Waals surface area contributed by atoms with Gasteiger partial charge >= 0.3 is 5.97 Å². The summed E-state index contributed by atoms with van der Waals surface area (Å²) < 4.78 is 5.24. The van der Waals surface area contributed by atoms with Crippen LogP contribution >= 0.6 is 0 Å². The minimum Gasteiger partial charge on any atom is -0.462 e. The van der Waals surface area contributed by atoms with Crippen molar-refractivity contribution in [3.8, 4) is 0 Å². The van der Waals surface area contributed by atoms with Crippen molar-refractivity contribution in [2.75, 3.05) is 6.61 Å². The lowest BCUT2D eigenvalue weighted by molar-refractivity contribution is 0.0486. The highest BCUT2D eigenvalue weighted by Gasteiger charge is 2.23. The van der Waals surface area contributed by atoms with Gasteiger partial charge in [0, 0.05) is 0 Å². The summed E-state index contributed by atoms with van der Waals surface area (Å²) in [5.74, 6) is 0.421. The van der Waals surface area contributed by atoms with Crippen LogP contribution in [0.25, 0.3) is 0 Å². The first kappa shape index (κ1) is 12.2. The van der Waals surface area contributed by atoms with Crippen LogP contribution in [0.4, 0.5) is 0 Å². The second-order valence-electron chi connectivity index (χ2n) is 5.87. The number of benzene rings is 1. The van der Waals surface area contributed by atoms with E-state index in [4.69, 9.17) is 4.74 Å². The maximum Gasteiger partial charge on any atom is 0.338 e. The Morgan fingerprint density at radius 1 is 1.24 bits per heavy atom. The monoisotopic (exact) mass is 232 g/mol. The zero-order chi connectivity index (χ0) is 12.5. The maximum absolute atomic E-state index is 11.7. The van der Waals surface area contributed by atoms with Crippen LogP contribution in [0.15, 0.2) is 24.3 Å². The fraction of sp³-hybridized carbons (Fsp3) is 0.533. The Morgan fingerprint density at radius 3 is 2.29 bits per heavy atom. The standard InChI is InChI=1S/C15H20O2/c1-15(2,3)13-8-6-12(7-9-13)14(16)17-10-11-4-5-11/h6-9,11H,4-5,10H2,1-3H3. The Hall–Kier alpha value is -1.31. The van der Waals surface area contributed by atoms with Crippen LogP contribution in [0, 0.1) is 5.92 Å². The highest BCUT2D eigenvalue weighted by atomic mass is 16.5. The largest absolute Gasteiger partial charge is 0.462 e. The summed E-state index contributed by atoms with van der Waals surface area (Å²) in [6.07, 6.45) is 2.41. The number of esters is 1. The van der Waals surface area contributed by atoms with Crippen molar-refractivity contribution in [3.63, 3.8) is 0 Å². The Balaban J connectivity index is 1.98. The van der Waals surface area contributed by atoms with E-state index in [0.29, 0.717) is 18.1 Å². The second kappa shape index (κ2) is 4.52. The van der Waals surface area contributed by atoms with Crippen LogP contribution in [-0.2, 0) is 10.2 Å². The molecule has 1 aliphatic rings. The molecule has 17 heavy (non-hydrogen) atoms. The predicted octanol–water partition coefficient (Wildman–Crippen LogP) is 3.55. The van der Waals surface area contributed by atoms with E-state index in [0.717, 1.165) is 0 Å². The summed E-state index contributed by atoms with van der Waals surface area (Å²) in [6.45, 7) is 7.06. The second-order valence-corrected chi connectivity index (χ2v) is 5.87. The summed E-state index contributed by atoms with van der Waals surface area (Å²) >= 11 is 0. The molecule has 2 nitrogen and oxygen atoms in total. The van der Waals surface area contributed by atoms with Crippen molar-refractivity contribution in [2.24, 2.45) is 5.92 Å². The number of hydrogen-bond donors (Lipinski definition) is 0. The molecule has 0 spiro atoms. The van der Waals surface area contributed by atoms with E-state index >= 15 is 0 Å². The lowest BCUT2D eigenvalue weighted by atomic mass is 9.87. The minimum absolute atomic E-state index is 0.121. The molecule has 1 aromatic carbocycles. The van der Waals surface area contributed by atoms with Gasteiger partial charge in [0.15, 0.2) is 0 Å². The summed E-state index contributed by atoms with van der Waals surface area (Å²) in [5.41, 5.74) is 2.01. The van der Waals surface area contributed by atoms with Gasteiger partial charge in [-0.05, 0) is 41.9 Å². The van der Waals surface area contributed by atoms with Crippen LogP contribution in [0.3, 0.4) is 0 Å². The van der Waals surface area contributed by atoms with Crippen LogP contribution in [0.5, 0.6) is 0 Å². The van der Waals surface area contributed by atoms with Crippen LogP contribution in [0.1, 0.15) is 49.5 Å². The number of hydrogen-bond acceptors (Lipinski definition) is 2. The fourth-order valence-corrected chi connectivity index (χ4v) is 1.67. The topological polar surface area (TPSA) is 26.3 Å². The van der Waals surface area contributed by atoms with Crippen molar-refractivity contribution in [3.05, 3.63) is 35.4 Å². The summed E-state index contributed by atoms with van der Waals surface area (Å²) in [6, 6.07) is 7.73. The third kappa shape index (κ3) is 3.32. The fourth-order valence-electron chi connectivity index (χ4n) is 1.67. The molecule has 0 amide bonds. The van der Waals surface area contributed by atoms with E-state index in [1.807, 2.05) is 24.3 Å². The Kier molecular flexibility index (Phi) is 3.23. The van der Waals surface area contributed by atoms with Gasteiger partial charge in [0.25, 0.3) is 0 Å². The normalized spacial score (nSPS) is 15.7. The van der Waals surface area contributed by atoms with E-state index in [2.05, 4.69) is 20.8 Å². The van der Waals surface area contributed by atoms with Gasteiger partial charge in [0.2, 0.25) is 0 Å². The van der Waals surface area contributed by atoms with Gasteiger partial charge in [0.05, 0.1) is 12.2 Å². The average molecular weight is 232 g/mol. The summed E-state index contributed by atoms with van der Waals surface area (Å²) in [7, 11) is 0. The van der Waals surface area contributed by atoms with Crippen LogP contribution < -0.4 is 0 Å². The SMILES string of the molecule is CC(C)(C)c1ccc(C(=O)OCC2CC2)cc1. The Bertz CT molecular complexity index is 394. The van der Waals surface area contributed by atoms with Gasteiger partial charge in [-0.1, -0.05) is 32.9 Å². The van der Waals surface area contributed by atoms with Crippen molar-refractivity contribution >= 4 is 5.97 Å². The Morgan fingerprint density at radius 2 is 1.82 bits per heavy atom. The number of ether oxygens (including phenoxy) is 1. The third-order valence-electron chi connectivity index (χ3n) is 3.13. The zero-order valence-corrected chi connectivity index (χ0v) is 10.8. The molecule has 1 fully saturated rings. The van der Waals surface area contributed by atoms with Gasteiger partial charge in [-0.15, -0.1) is 0 Å². The van der Waals surface area contributed by atoms with Crippen LogP contribution in [-0.4, -0.2) is 12.6 Å². The first-order valence-electron chi connectivity index (χ1n) is 6.24. The van der Waals surface area contributed by atoms with E-state index in [1.165, 1.54) is 18.4 Å². The molecule has 1 aromatic rings. The zero-order valence-electron chi connectivity index (χ0n) is 10.8. The van der Waals surface area contributed by atoms with Crippen molar-refractivity contribution in [1.29, 1.82) is 0 Å². The molecule has 0 radical (unpaired) electrons. The van der Waals surface area contributed by atoms with Crippen molar-refractivity contribution in [2.45, 2.75) is 39.0 Å². The van der Waals surface area contributed by atoms with E-state index < -0.39 is 0 Å². The molecule has 0 aromatic heterocycles. The van der Waals surface area contributed by atoms with Gasteiger partial charge in [0.1, 0.15) is 0 Å². The molecule has 0 atom stereocenters. The molecule has 0 unspecified atom stereocenters. The molecule has 1 aliphatic carbocycles. The first-order valence-corrected chi connectivity index (χ1v) is 6.24. The first-order chi connectivity index (χ1) is 7.97.